The van der Waals surface area contributed by atoms with Crippen molar-refractivity contribution in [2.75, 3.05) is 6.61 Å². The third-order valence-electron chi connectivity index (χ3n) is 4.06. The SMILES string of the molecule is CCO[C@H]1C[C@@H](c2ccco2)c2c(c3ccccc3oc2=O)O1. The molecule has 1 aromatic carbocycles. The predicted octanol–water partition coefficient (Wildman–Crippen LogP) is 3.66. The third-order valence-corrected chi connectivity index (χ3v) is 4.06. The molecule has 0 bridgehead atoms. The smallest absolute Gasteiger partial charge is 0.343 e. The fraction of sp³-hybridized carbons (Fsp3) is 0.278. The van der Waals surface area contributed by atoms with Gasteiger partial charge >= 0.3 is 5.63 Å². The van der Waals surface area contributed by atoms with E-state index in [-0.39, 0.29) is 5.92 Å². The Morgan fingerprint density at radius 3 is 2.87 bits per heavy atom. The lowest BCUT2D eigenvalue weighted by molar-refractivity contribution is -0.0899. The Morgan fingerprint density at radius 2 is 2.09 bits per heavy atom. The average Bonchev–Trinajstić information content (AvgIpc) is 3.09. The lowest BCUT2D eigenvalue weighted by Gasteiger charge is -2.30. The van der Waals surface area contributed by atoms with E-state index in [1.807, 2.05) is 37.3 Å². The number of hydrogen-bond donors (Lipinski definition) is 0. The van der Waals surface area contributed by atoms with Crippen molar-refractivity contribution < 1.29 is 18.3 Å². The van der Waals surface area contributed by atoms with E-state index in [0.29, 0.717) is 35.7 Å². The van der Waals surface area contributed by atoms with Gasteiger partial charge in [-0.25, -0.2) is 4.79 Å². The van der Waals surface area contributed by atoms with E-state index in [4.69, 9.17) is 18.3 Å². The molecule has 5 nitrogen and oxygen atoms in total. The molecule has 0 aliphatic carbocycles. The summed E-state index contributed by atoms with van der Waals surface area (Å²) in [5.74, 6) is 0.996. The van der Waals surface area contributed by atoms with E-state index in [1.165, 1.54) is 0 Å². The number of furan rings is 1. The summed E-state index contributed by atoms with van der Waals surface area (Å²) in [6.07, 6.45) is 1.69. The van der Waals surface area contributed by atoms with Crippen LogP contribution in [0, 0.1) is 0 Å². The molecule has 23 heavy (non-hydrogen) atoms. The topological polar surface area (TPSA) is 61.8 Å². The van der Waals surface area contributed by atoms with Gasteiger partial charge in [0.1, 0.15) is 17.1 Å². The molecule has 0 fully saturated rings. The zero-order chi connectivity index (χ0) is 15.8. The molecule has 4 rings (SSSR count). The second kappa shape index (κ2) is 5.59. The van der Waals surface area contributed by atoms with E-state index >= 15 is 0 Å². The molecule has 2 aromatic heterocycles. The van der Waals surface area contributed by atoms with Crippen molar-refractivity contribution in [1.82, 2.24) is 0 Å². The number of benzene rings is 1. The highest BCUT2D eigenvalue weighted by atomic mass is 16.7. The first-order valence-electron chi connectivity index (χ1n) is 7.65. The Morgan fingerprint density at radius 1 is 1.22 bits per heavy atom. The van der Waals surface area contributed by atoms with Crippen LogP contribution in [0.25, 0.3) is 11.0 Å². The van der Waals surface area contributed by atoms with Crippen LogP contribution in [0.4, 0.5) is 0 Å². The molecule has 5 heteroatoms. The fourth-order valence-electron chi connectivity index (χ4n) is 3.09. The quantitative estimate of drug-likeness (QED) is 0.691. The molecule has 0 saturated carbocycles. The lowest BCUT2D eigenvalue weighted by atomic mass is 9.90. The van der Waals surface area contributed by atoms with Crippen LogP contribution in [0.1, 0.15) is 30.6 Å². The van der Waals surface area contributed by atoms with Gasteiger partial charge in [0.15, 0.2) is 0 Å². The molecular weight excluding hydrogens is 296 g/mol. The Labute approximate surface area is 132 Å². The molecule has 0 N–H and O–H groups in total. The van der Waals surface area contributed by atoms with E-state index in [1.54, 1.807) is 12.3 Å². The van der Waals surface area contributed by atoms with Gasteiger partial charge in [0.2, 0.25) is 6.29 Å². The molecule has 0 spiro atoms. The Kier molecular flexibility index (Phi) is 3.42. The minimum absolute atomic E-state index is 0.244. The molecule has 3 aromatic rings. The van der Waals surface area contributed by atoms with Gasteiger partial charge in [0.05, 0.1) is 23.1 Å². The van der Waals surface area contributed by atoms with Gasteiger partial charge in [-0.05, 0) is 31.2 Å². The highest BCUT2D eigenvalue weighted by Crippen LogP contribution is 2.42. The predicted molar refractivity (Wildman–Crippen MR) is 83.7 cm³/mol. The molecule has 1 aliphatic heterocycles. The van der Waals surface area contributed by atoms with Crippen molar-refractivity contribution in [2.24, 2.45) is 0 Å². The normalized spacial score (nSPS) is 20.2. The maximum atomic E-state index is 12.5. The highest BCUT2D eigenvalue weighted by molar-refractivity contribution is 5.85. The monoisotopic (exact) mass is 312 g/mol. The summed E-state index contributed by atoms with van der Waals surface area (Å²) in [7, 11) is 0. The van der Waals surface area contributed by atoms with Crippen molar-refractivity contribution in [3.05, 3.63) is 64.4 Å². The maximum absolute atomic E-state index is 12.5. The van der Waals surface area contributed by atoms with E-state index < -0.39 is 11.9 Å². The summed E-state index contributed by atoms with van der Waals surface area (Å²) in [5, 5.41) is 0.767. The molecule has 118 valence electrons. The molecule has 3 heterocycles. The Bertz CT molecular complexity index is 878. The van der Waals surface area contributed by atoms with Crippen molar-refractivity contribution in [2.45, 2.75) is 25.6 Å². The van der Waals surface area contributed by atoms with Crippen LogP contribution in [0.5, 0.6) is 5.75 Å². The molecule has 0 saturated heterocycles. The van der Waals surface area contributed by atoms with Gasteiger partial charge in [-0.15, -0.1) is 0 Å². The minimum atomic E-state index is -0.423. The Balaban J connectivity index is 1.96. The summed E-state index contributed by atoms with van der Waals surface area (Å²) >= 11 is 0. The van der Waals surface area contributed by atoms with Gasteiger partial charge < -0.3 is 18.3 Å². The second-order valence-corrected chi connectivity index (χ2v) is 5.43. The average molecular weight is 312 g/mol. The largest absolute Gasteiger partial charge is 0.469 e. The number of fused-ring (bicyclic) bond motifs is 3. The minimum Gasteiger partial charge on any atom is -0.469 e. The first kappa shape index (κ1) is 14.1. The first-order chi connectivity index (χ1) is 11.3. The number of ether oxygens (including phenoxy) is 2. The summed E-state index contributed by atoms with van der Waals surface area (Å²) in [6, 6.07) is 11.0. The molecule has 0 unspecified atom stereocenters. The van der Waals surface area contributed by atoms with Crippen LogP contribution in [0.15, 0.2) is 56.3 Å². The number of hydrogen-bond acceptors (Lipinski definition) is 5. The Hall–Kier alpha value is -2.53. The van der Waals surface area contributed by atoms with Gasteiger partial charge in [-0.2, -0.15) is 0 Å². The number of rotatable bonds is 3. The van der Waals surface area contributed by atoms with Gasteiger partial charge in [-0.1, -0.05) is 12.1 Å². The van der Waals surface area contributed by atoms with Crippen LogP contribution in [-0.4, -0.2) is 12.9 Å². The molecule has 0 amide bonds. The van der Waals surface area contributed by atoms with E-state index in [0.717, 1.165) is 5.39 Å². The summed E-state index contributed by atoms with van der Waals surface area (Å²) in [4.78, 5) is 12.5. The van der Waals surface area contributed by atoms with Crippen molar-refractivity contribution in [1.29, 1.82) is 0 Å². The second-order valence-electron chi connectivity index (χ2n) is 5.43. The highest BCUT2D eigenvalue weighted by Gasteiger charge is 2.36. The number of para-hydroxylation sites is 1. The summed E-state index contributed by atoms with van der Waals surface area (Å²) in [6.45, 7) is 2.45. The summed E-state index contributed by atoms with van der Waals surface area (Å²) in [5.41, 5.74) is 0.608. The molecule has 2 atom stereocenters. The standard InChI is InChI=1S/C18H16O5/c1-2-20-15-10-12(13-8-5-9-21-13)16-17(23-15)11-6-3-4-7-14(11)22-18(16)19/h3-9,12,15H,2,10H2,1H3/t12-,15+/m0/s1. The van der Waals surface area contributed by atoms with Crippen LogP contribution in [-0.2, 0) is 4.74 Å². The maximum Gasteiger partial charge on any atom is 0.343 e. The van der Waals surface area contributed by atoms with Crippen molar-refractivity contribution >= 4 is 11.0 Å². The van der Waals surface area contributed by atoms with Gasteiger partial charge in [0, 0.05) is 13.0 Å². The first-order valence-corrected chi connectivity index (χ1v) is 7.65. The summed E-state index contributed by atoms with van der Waals surface area (Å²) < 4.78 is 22.6. The fourth-order valence-corrected chi connectivity index (χ4v) is 3.09. The lowest BCUT2D eigenvalue weighted by Crippen LogP contribution is -2.32. The zero-order valence-corrected chi connectivity index (χ0v) is 12.7. The van der Waals surface area contributed by atoms with Crippen LogP contribution in [0.2, 0.25) is 0 Å². The van der Waals surface area contributed by atoms with Crippen LogP contribution in [0.3, 0.4) is 0 Å². The van der Waals surface area contributed by atoms with Gasteiger partial charge in [-0.3, -0.25) is 0 Å². The van der Waals surface area contributed by atoms with E-state index in [9.17, 15) is 4.79 Å². The van der Waals surface area contributed by atoms with E-state index in [2.05, 4.69) is 0 Å². The van der Waals surface area contributed by atoms with Crippen molar-refractivity contribution in [3.63, 3.8) is 0 Å². The third kappa shape index (κ3) is 2.33. The zero-order valence-electron chi connectivity index (χ0n) is 12.7. The van der Waals surface area contributed by atoms with Crippen molar-refractivity contribution in [3.8, 4) is 5.75 Å². The van der Waals surface area contributed by atoms with Gasteiger partial charge in [0.25, 0.3) is 0 Å². The molecule has 0 radical (unpaired) electrons. The van der Waals surface area contributed by atoms with Crippen LogP contribution >= 0.6 is 0 Å². The molecular formula is C18H16O5. The van der Waals surface area contributed by atoms with Crippen LogP contribution < -0.4 is 10.4 Å². The molecule has 1 aliphatic rings.